The smallest absolute Gasteiger partial charge is 0.266 e. The van der Waals surface area contributed by atoms with Gasteiger partial charge in [0.15, 0.2) is 0 Å². The van der Waals surface area contributed by atoms with Crippen LogP contribution in [-0.4, -0.2) is 37.1 Å². The highest BCUT2D eigenvalue weighted by Crippen LogP contribution is 2.32. The summed E-state index contributed by atoms with van der Waals surface area (Å²) < 4.78 is 25.7. The Kier molecular flexibility index (Phi) is 2.41. The Morgan fingerprint density at radius 1 is 1.73 bits per heavy atom. The number of halogens is 2. The first-order chi connectivity index (χ1) is 5.08. The predicted octanol–water partition coefficient (Wildman–Crippen LogP) is 0.216. The summed E-state index contributed by atoms with van der Waals surface area (Å²) in [5.41, 5.74) is 0. The molecule has 0 aromatic rings. The number of hydrogen-bond acceptors (Lipinski definition) is 3. The van der Waals surface area contributed by atoms with Crippen molar-refractivity contribution in [2.75, 3.05) is 20.2 Å². The highest BCUT2D eigenvalue weighted by atomic mass is 19.3. The lowest BCUT2D eigenvalue weighted by atomic mass is 10.2. The van der Waals surface area contributed by atoms with Gasteiger partial charge in [0.05, 0.1) is 12.6 Å². The van der Waals surface area contributed by atoms with E-state index in [0.29, 0.717) is 6.54 Å². The molecule has 5 heteroatoms. The number of alkyl halides is 2. The minimum absolute atomic E-state index is 0.0997. The van der Waals surface area contributed by atoms with Gasteiger partial charge in [-0.15, -0.1) is 0 Å². The van der Waals surface area contributed by atoms with Crippen molar-refractivity contribution < 1.29 is 13.6 Å². The van der Waals surface area contributed by atoms with Crippen LogP contribution in [0.5, 0.6) is 0 Å². The van der Waals surface area contributed by atoms with Gasteiger partial charge in [0.2, 0.25) is 0 Å². The molecule has 3 nitrogen and oxygen atoms in total. The molecule has 2 N–H and O–H groups in total. The summed E-state index contributed by atoms with van der Waals surface area (Å²) >= 11 is 0. The maximum Gasteiger partial charge on any atom is 0.266 e. The second-order valence-electron chi connectivity index (χ2n) is 2.84. The number of nitrogens with two attached hydrogens (primary N) is 1. The lowest BCUT2D eigenvalue weighted by molar-refractivity contribution is -0.0611. The fraction of sp³-hybridized carbons (Fsp3) is 1.00. The molecule has 1 unspecified atom stereocenters. The van der Waals surface area contributed by atoms with Gasteiger partial charge in [-0.1, -0.05) is 0 Å². The lowest BCUT2D eigenvalue weighted by Gasteiger charge is -2.22. The molecule has 0 bridgehead atoms. The van der Waals surface area contributed by atoms with Crippen molar-refractivity contribution >= 4 is 0 Å². The molecule has 0 aromatic heterocycles. The number of rotatable bonds is 2. The summed E-state index contributed by atoms with van der Waals surface area (Å²) in [6, 6.07) is -0.854. The largest absolute Gasteiger partial charge is 0.303 e. The van der Waals surface area contributed by atoms with Gasteiger partial charge in [-0.3, -0.25) is 4.90 Å². The number of likely N-dealkylation sites (N-methyl/N-ethyl adjacent to an activating group) is 1. The SMILES string of the molecule is CN1CCC(F)(F)C1CON. The molecular formula is C6H12F2N2O. The van der Waals surface area contributed by atoms with E-state index in [0.717, 1.165) is 0 Å². The van der Waals surface area contributed by atoms with E-state index in [9.17, 15) is 8.78 Å². The van der Waals surface area contributed by atoms with Gasteiger partial charge in [-0.05, 0) is 7.05 Å². The van der Waals surface area contributed by atoms with Crippen LogP contribution in [0.2, 0.25) is 0 Å². The van der Waals surface area contributed by atoms with Crippen molar-refractivity contribution in [3.05, 3.63) is 0 Å². The molecule has 0 radical (unpaired) electrons. The Labute approximate surface area is 64.1 Å². The van der Waals surface area contributed by atoms with Crippen molar-refractivity contribution in [3.8, 4) is 0 Å². The maximum absolute atomic E-state index is 12.9. The highest BCUT2D eigenvalue weighted by Gasteiger charge is 2.47. The van der Waals surface area contributed by atoms with Crippen LogP contribution in [0.15, 0.2) is 0 Å². The quantitative estimate of drug-likeness (QED) is 0.596. The molecule has 1 saturated heterocycles. The predicted molar refractivity (Wildman–Crippen MR) is 36.1 cm³/mol. The molecule has 1 atom stereocenters. The Balaban J connectivity index is 2.57. The average Bonchev–Trinajstić information content (AvgIpc) is 2.16. The van der Waals surface area contributed by atoms with E-state index in [-0.39, 0.29) is 13.0 Å². The zero-order valence-electron chi connectivity index (χ0n) is 6.39. The molecule has 0 aromatic carbocycles. The van der Waals surface area contributed by atoms with E-state index in [2.05, 4.69) is 4.84 Å². The fourth-order valence-electron chi connectivity index (χ4n) is 1.31. The average molecular weight is 166 g/mol. The standard InChI is InChI=1S/C6H12F2N2O/c1-10-3-2-6(7,8)5(10)4-11-9/h5H,2-4,9H2,1H3. The first-order valence-electron chi connectivity index (χ1n) is 3.47. The summed E-state index contributed by atoms with van der Waals surface area (Å²) in [5, 5.41) is 0. The highest BCUT2D eigenvalue weighted by molar-refractivity contribution is 4.91. The molecule has 66 valence electrons. The zero-order valence-corrected chi connectivity index (χ0v) is 6.39. The first-order valence-corrected chi connectivity index (χ1v) is 3.47. The van der Waals surface area contributed by atoms with Gasteiger partial charge in [0.25, 0.3) is 5.92 Å². The monoisotopic (exact) mass is 166 g/mol. The lowest BCUT2D eigenvalue weighted by Crippen LogP contribution is -2.41. The summed E-state index contributed by atoms with van der Waals surface area (Å²) in [5.74, 6) is 2.09. The van der Waals surface area contributed by atoms with Gasteiger partial charge in [0, 0.05) is 13.0 Å². The van der Waals surface area contributed by atoms with Crippen LogP contribution in [0.1, 0.15) is 6.42 Å². The normalized spacial score (nSPS) is 31.1. The maximum atomic E-state index is 12.9. The van der Waals surface area contributed by atoms with Crippen LogP contribution < -0.4 is 5.90 Å². The number of hydrogen-bond donors (Lipinski definition) is 1. The van der Waals surface area contributed by atoms with E-state index >= 15 is 0 Å². The summed E-state index contributed by atoms with van der Waals surface area (Å²) in [6.07, 6.45) is -0.0997. The molecule has 1 aliphatic heterocycles. The first kappa shape index (κ1) is 8.83. The van der Waals surface area contributed by atoms with Crippen LogP contribution in [0.3, 0.4) is 0 Å². The van der Waals surface area contributed by atoms with Gasteiger partial charge < -0.3 is 4.84 Å². The van der Waals surface area contributed by atoms with E-state index in [1.54, 1.807) is 11.9 Å². The van der Waals surface area contributed by atoms with Crippen LogP contribution in [-0.2, 0) is 4.84 Å². The molecule has 0 aliphatic carbocycles. The van der Waals surface area contributed by atoms with Crippen LogP contribution in [0.25, 0.3) is 0 Å². The van der Waals surface area contributed by atoms with Crippen LogP contribution in [0.4, 0.5) is 8.78 Å². The molecule has 0 spiro atoms. The summed E-state index contributed by atoms with van der Waals surface area (Å²) in [4.78, 5) is 5.77. The van der Waals surface area contributed by atoms with Crippen LogP contribution >= 0.6 is 0 Å². The Morgan fingerprint density at radius 3 is 2.73 bits per heavy atom. The Morgan fingerprint density at radius 2 is 2.36 bits per heavy atom. The molecule has 1 heterocycles. The van der Waals surface area contributed by atoms with E-state index < -0.39 is 12.0 Å². The Hall–Kier alpha value is -0.260. The van der Waals surface area contributed by atoms with Crippen molar-refractivity contribution in [2.45, 2.75) is 18.4 Å². The zero-order chi connectivity index (χ0) is 8.48. The number of nitrogens with zero attached hydrogens (tertiary/aromatic N) is 1. The van der Waals surface area contributed by atoms with Gasteiger partial charge in [-0.2, -0.15) is 0 Å². The minimum atomic E-state index is -2.64. The molecule has 0 amide bonds. The number of likely N-dealkylation sites (tertiary alicyclic amines) is 1. The third-order valence-electron chi connectivity index (χ3n) is 2.07. The summed E-state index contributed by atoms with van der Waals surface area (Å²) in [6.45, 7) is 0.296. The minimum Gasteiger partial charge on any atom is -0.303 e. The van der Waals surface area contributed by atoms with Crippen molar-refractivity contribution in [3.63, 3.8) is 0 Å². The van der Waals surface area contributed by atoms with Gasteiger partial charge >= 0.3 is 0 Å². The van der Waals surface area contributed by atoms with Crippen molar-refractivity contribution in [2.24, 2.45) is 5.90 Å². The van der Waals surface area contributed by atoms with Crippen molar-refractivity contribution in [1.29, 1.82) is 0 Å². The topological polar surface area (TPSA) is 38.5 Å². The van der Waals surface area contributed by atoms with E-state index in [1.165, 1.54) is 0 Å². The van der Waals surface area contributed by atoms with Crippen molar-refractivity contribution in [1.82, 2.24) is 4.90 Å². The molecular weight excluding hydrogens is 154 g/mol. The molecule has 1 fully saturated rings. The Bertz CT molecular complexity index is 143. The third kappa shape index (κ3) is 1.66. The van der Waals surface area contributed by atoms with Crippen LogP contribution in [0, 0.1) is 0 Å². The van der Waals surface area contributed by atoms with E-state index in [4.69, 9.17) is 5.90 Å². The van der Waals surface area contributed by atoms with Gasteiger partial charge in [0.1, 0.15) is 0 Å². The second-order valence-corrected chi connectivity index (χ2v) is 2.84. The van der Waals surface area contributed by atoms with E-state index in [1.807, 2.05) is 0 Å². The molecule has 0 saturated carbocycles. The summed E-state index contributed by atoms with van der Waals surface area (Å²) in [7, 11) is 1.64. The van der Waals surface area contributed by atoms with Gasteiger partial charge in [-0.25, -0.2) is 14.7 Å². The fourth-order valence-corrected chi connectivity index (χ4v) is 1.31. The second kappa shape index (κ2) is 3.00. The third-order valence-corrected chi connectivity index (χ3v) is 2.07. The molecule has 1 aliphatic rings. The molecule has 11 heavy (non-hydrogen) atoms. The molecule has 1 rings (SSSR count).